The number of amides is 5. The molecule has 5 amide bonds. The number of piperidine rings is 1. The second-order valence-corrected chi connectivity index (χ2v) is 9.38. The van der Waals surface area contributed by atoms with Gasteiger partial charge in [-0.3, -0.25) is 19.7 Å². The Balaban J connectivity index is 1.28. The topological polar surface area (TPSA) is 129 Å². The summed E-state index contributed by atoms with van der Waals surface area (Å²) in [6.07, 6.45) is 1.20. The first-order valence-corrected chi connectivity index (χ1v) is 12.6. The summed E-state index contributed by atoms with van der Waals surface area (Å²) < 4.78 is 5.53. The fourth-order valence-electron chi connectivity index (χ4n) is 4.38. The predicted molar refractivity (Wildman–Crippen MR) is 138 cm³/mol. The molecule has 1 fully saturated rings. The third-order valence-electron chi connectivity index (χ3n) is 6.36. The molecule has 1 unspecified atom stereocenters. The van der Waals surface area contributed by atoms with Crippen molar-refractivity contribution >= 4 is 41.0 Å². The summed E-state index contributed by atoms with van der Waals surface area (Å²) in [6, 6.07) is 9.65. The van der Waals surface area contributed by atoms with Crippen LogP contribution in [-0.4, -0.2) is 61.5 Å². The van der Waals surface area contributed by atoms with Crippen LogP contribution in [0.3, 0.4) is 0 Å². The predicted octanol–water partition coefficient (Wildman–Crippen LogP) is 2.20. The lowest BCUT2D eigenvalue weighted by atomic mass is 10.0. The van der Waals surface area contributed by atoms with Crippen LogP contribution in [0.15, 0.2) is 36.4 Å². The van der Waals surface area contributed by atoms with E-state index in [0.29, 0.717) is 42.3 Å². The van der Waals surface area contributed by atoms with Gasteiger partial charge in [-0.15, -0.1) is 0 Å². The molecule has 196 valence electrons. The van der Waals surface area contributed by atoms with E-state index in [1.807, 2.05) is 19.2 Å². The molecule has 2 aliphatic rings. The lowest BCUT2D eigenvalue weighted by Crippen LogP contribution is -2.52. The standard InChI is InChI=1S/C26H30ClN5O5/c1-28-9-11-37-10-8-17-3-4-19(13-21(17)27)30-26(36)29-14-16-2-5-20-18(12-16)15-32(25(20)35)22-6-7-23(33)31-24(22)34/h2-5,12-13,22,28H,6-11,14-15H2,1H3,(H2,29,30,36)(H,31,33,34). The summed E-state index contributed by atoms with van der Waals surface area (Å²) >= 11 is 6.36. The number of nitrogens with one attached hydrogen (secondary N) is 4. The number of ether oxygens (including phenoxy) is 1. The van der Waals surface area contributed by atoms with Crippen molar-refractivity contribution in [2.45, 2.75) is 38.4 Å². The smallest absolute Gasteiger partial charge is 0.319 e. The van der Waals surface area contributed by atoms with Gasteiger partial charge < -0.3 is 25.6 Å². The molecule has 4 rings (SSSR count). The molecule has 0 spiro atoms. The molecule has 0 radical (unpaired) electrons. The Kier molecular flexibility index (Phi) is 8.75. The molecule has 37 heavy (non-hydrogen) atoms. The van der Waals surface area contributed by atoms with Crippen LogP contribution in [0.4, 0.5) is 10.5 Å². The number of imide groups is 1. The molecular weight excluding hydrogens is 498 g/mol. The molecule has 2 heterocycles. The number of urea groups is 1. The number of hydrogen-bond acceptors (Lipinski definition) is 6. The van der Waals surface area contributed by atoms with Crippen LogP contribution in [0.1, 0.15) is 39.9 Å². The largest absolute Gasteiger partial charge is 0.380 e. The molecule has 1 saturated heterocycles. The minimum atomic E-state index is -0.658. The van der Waals surface area contributed by atoms with E-state index in [4.69, 9.17) is 16.3 Å². The summed E-state index contributed by atoms with van der Waals surface area (Å²) in [7, 11) is 1.87. The van der Waals surface area contributed by atoms with Crippen LogP contribution >= 0.6 is 11.6 Å². The molecule has 4 N–H and O–H groups in total. The number of nitrogens with zero attached hydrogens (tertiary/aromatic N) is 1. The Bertz CT molecular complexity index is 1200. The number of halogens is 1. The van der Waals surface area contributed by atoms with Crippen LogP contribution in [0.25, 0.3) is 0 Å². The van der Waals surface area contributed by atoms with Crippen molar-refractivity contribution in [3.05, 3.63) is 63.7 Å². The quantitative estimate of drug-likeness (QED) is 0.277. The van der Waals surface area contributed by atoms with E-state index < -0.39 is 11.9 Å². The lowest BCUT2D eigenvalue weighted by Gasteiger charge is -2.29. The molecule has 10 nitrogen and oxygen atoms in total. The van der Waals surface area contributed by atoms with Crippen molar-refractivity contribution in [3.8, 4) is 0 Å². The first kappa shape index (κ1) is 26.6. The Morgan fingerprint density at radius 2 is 2.00 bits per heavy atom. The third kappa shape index (κ3) is 6.65. The minimum Gasteiger partial charge on any atom is -0.380 e. The first-order chi connectivity index (χ1) is 17.9. The summed E-state index contributed by atoms with van der Waals surface area (Å²) in [5.74, 6) is -0.991. The number of rotatable bonds is 10. The Morgan fingerprint density at radius 1 is 1.16 bits per heavy atom. The van der Waals surface area contributed by atoms with Crippen molar-refractivity contribution in [2.75, 3.05) is 32.1 Å². The molecule has 0 saturated carbocycles. The van der Waals surface area contributed by atoms with E-state index in [-0.39, 0.29) is 37.4 Å². The van der Waals surface area contributed by atoms with E-state index in [1.165, 1.54) is 4.90 Å². The molecule has 2 aromatic carbocycles. The van der Waals surface area contributed by atoms with Gasteiger partial charge in [-0.2, -0.15) is 0 Å². The molecule has 0 aliphatic carbocycles. The zero-order valence-electron chi connectivity index (χ0n) is 20.6. The average Bonchev–Trinajstić information content (AvgIpc) is 3.19. The highest BCUT2D eigenvalue weighted by molar-refractivity contribution is 6.31. The van der Waals surface area contributed by atoms with Crippen molar-refractivity contribution in [1.29, 1.82) is 0 Å². The highest BCUT2D eigenvalue weighted by Gasteiger charge is 2.39. The maximum atomic E-state index is 12.8. The van der Waals surface area contributed by atoms with Gasteiger partial charge in [0.25, 0.3) is 5.91 Å². The van der Waals surface area contributed by atoms with Gasteiger partial charge in [0.05, 0.1) is 13.2 Å². The van der Waals surface area contributed by atoms with Gasteiger partial charge in [-0.25, -0.2) is 4.79 Å². The van der Waals surface area contributed by atoms with E-state index in [0.717, 1.165) is 23.2 Å². The number of likely N-dealkylation sites (N-methyl/N-ethyl adjacent to an activating group) is 1. The van der Waals surface area contributed by atoms with Crippen LogP contribution < -0.4 is 21.3 Å². The Labute approximate surface area is 220 Å². The lowest BCUT2D eigenvalue weighted by molar-refractivity contribution is -0.136. The second-order valence-electron chi connectivity index (χ2n) is 8.97. The van der Waals surface area contributed by atoms with Crippen LogP contribution in [-0.2, 0) is 33.8 Å². The van der Waals surface area contributed by atoms with Gasteiger partial charge in [0.2, 0.25) is 11.8 Å². The fraction of sp³-hybridized carbons (Fsp3) is 0.385. The molecule has 2 aromatic rings. The Morgan fingerprint density at radius 3 is 2.76 bits per heavy atom. The fourth-order valence-corrected chi connectivity index (χ4v) is 4.66. The zero-order valence-corrected chi connectivity index (χ0v) is 21.3. The van der Waals surface area contributed by atoms with Crippen molar-refractivity contribution in [1.82, 2.24) is 20.9 Å². The number of carbonyl (C=O) groups excluding carboxylic acids is 4. The Hall–Kier alpha value is -3.47. The third-order valence-corrected chi connectivity index (χ3v) is 6.72. The molecular formula is C26H30ClN5O5. The minimum absolute atomic E-state index is 0.208. The van der Waals surface area contributed by atoms with Gasteiger partial charge in [-0.05, 0) is 54.8 Å². The van der Waals surface area contributed by atoms with E-state index >= 15 is 0 Å². The zero-order chi connectivity index (χ0) is 26.4. The van der Waals surface area contributed by atoms with E-state index in [9.17, 15) is 19.2 Å². The number of carbonyl (C=O) groups is 4. The molecule has 1 atom stereocenters. The monoisotopic (exact) mass is 527 g/mol. The van der Waals surface area contributed by atoms with E-state index in [1.54, 1.807) is 24.3 Å². The number of fused-ring (bicyclic) bond motifs is 1. The summed E-state index contributed by atoms with van der Waals surface area (Å²) in [5, 5.41) is 11.4. The maximum Gasteiger partial charge on any atom is 0.319 e. The van der Waals surface area contributed by atoms with E-state index in [2.05, 4.69) is 21.3 Å². The van der Waals surface area contributed by atoms with Crippen molar-refractivity contribution in [3.63, 3.8) is 0 Å². The van der Waals surface area contributed by atoms with Gasteiger partial charge >= 0.3 is 6.03 Å². The number of anilines is 1. The summed E-state index contributed by atoms with van der Waals surface area (Å²) in [6.45, 7) is 2.52. The summed E-state index contributed by atoms with van der Waals surface area (Å²) in [4.78, 5) is 50.4. The molecule has 11 heteroatoms. The SMILES string of the molecule is CNCCOCCc1ccc(NC(=O)NCc2ccc3c(c2)CN(C2CCC(=O)NC2=O)C3=O)cc1Cl. The van der Waals surface area contributed by atoms with Crippen LogP contribution in [0, 0.1) is 0 Å². The van der Waals surface area contributed by atoms with Gasteiger partial charge in [0.1, 0.15) is 6.04 Å². The average molecular weight is 528 g/mol. The highest BCUT2D eigenvalue weighted by Crippen LogP contribution is 2.28. The first-order valence-electron chi connectivity index (χ1n) is 12.2. The highest BCUT2D eigenvalue weighted by atomic mass is 35.5. The van der Waals surface area contributed by atoms with Crippen molar-refractivity contribution in [2.24, 2.45) is 0 Å². The van der Waals surface area contributed by atoms with Crippen LogP contribution in [0.2, 0.25) is 5.02 Å². The molecule has 0 aromatic heterocycles. The normalized spacial score (nSPS) is 17.0. The molecule has 2 aliphatic heterocycles. The summed E-state index contributed by atoms with van der Waals surface area (Å²) in [5.41, 5.74) is 3.64. The van der Waals surface area contributed by atoms with Crippen molar-refractivity contribution < 1.29 is 23.9 Å². The van der Waals surface area contributed by atoms with Gasteiger partial charge in [-0.1, -0.05) is 29.8 Å². The molecule has 0 bridgehead atoms. The maximum absolute atomic E-state index is 12.8. The van der Waals surface area contributed by atoms with Gasteiger partial charge in [0, 0.05) is 42.3 Å². The van der Waals surface area contributed by atoms with Gasteiger partial charge in [0.15, 0.2) is 0 Å². The van der Waals surface area contributed by atoms with Crippen LogP contribution in [0.5, 0.6) is 0 Å². The second kappa shape index (κ2) is 12.2. The number of hydrogen-bond donors (Lipinski definition) is 4. The number of benzene rings is 2.